The number of halogens is 2. The topological polar surface area (TPSA) is 12.0 Å². The van der Waals surface area contributed by atoms with Gasteiger partial charge in [-0.15, -0.1) is 0 Å². The van der Waals surface area contributed by atoms with Crippen molar-refractivity contribution in [1.82, 2.24) is 5.32 Å². The van der Waals surface area contributed by atoms with Crippen LogP contribution in [0, 0.1) is 29.9 Å². The summed E-state index contributed by atoms with van der Waals surface area (Å²) in [4.78, 5) is 0. The lowest BCUT2D eigenvalue weighted by Crippen LogP contribution is -2.38. The number of rotatable bonds is 3. The monoisotopic (exact) mass is 281 g/mol. The first-order valence-corrected chi connectivity index (χ1v) is 7.50. The van der Waals surface area contributed by atoms with Gasteiger partial charge in [0, 0.05) is 11.6 Å². The Hall–Kier alpha value is -0.960. The van der Waals surface area contributed by atoms with Gasteiger partial charge in [-0.1, -0.05) is 38.8 Å². The third-order valence-electron chi connectivity index (χ3n) is 4.94. The quantitative estimate of drug-likeness (QED) is 0.843. The van der Waals surface area contributed by atoms with E-state index in [1.807, 2.05) is 7.05 Å². The number of benzene rings is 1. The number of nitrogens with one attached hydrogen (secondary N) is 1. The molecule has 1 aliphatic rings. The van der Waals surface area contributed by atoms with Crippen LogP contribution in [0.3, 0.4) is 0 Å². The first-order chi connectivity index (χ1) is 9.38. The highest BCUT2D eigenvalue weighted by Gasteiger charge is 2.38. The van der Waals surface area contributed by atoms with Crippen LogP contribution in [-0.2, 0) is 0 Å². The van der Waals surface area contributed by atoms with E-state index in [1.165, 1.54) is 12.8 Å². The Balaban J connectivity index is 2.40. The highest BCUT2D eigenvalue weighted by molar-refractivity contribution is 5.28. The average Bonchev–Trinajstić information content (AvgIpc) is 2.40. The predicted molar refractivity (Wildman–Crippen MR) is 78.6 cm³/mol. The van der Waals surface area contributed by atoms with Gasteiger partial charge in [0.05, 0.1) is 0 Å². The molecule has 0 radical (unpaired) electrons. The van der Waals surface area contributed by atoms with E-state index in [-0.39, 0.29) is 11.5 Å². The van der Waals surface area contributed by atoms with Crippen LogP contribution < -0.4 is 5.32 Å². The minimum absolute atomic E-state index is 0.125. The lowest BCUT2D eigenvalue weighted by atomic mass is 9.64. The van der Waals surface area contributed by atoms with E-state index in [0.29, 0.717) is 17.0 Å². The van der Waals surface area contributed by atoms with Gasteiger partial charge in [-0.2, -0.15) is 0 Å². The number of aryl methyl sites for hydroxylation is 1. The molecule has 1 aromatic carbocycles. The maximum atomic E-state index is 14.3. The van der Waals surface area contributed by atoms with Gasteiger partial charge in [0.1, 0.15) is 0 Å². The van der Waals surface area contributed by atoms with Crippen LogP contribution in [0.2, 0.25) is 0 Å². The van der Waals surface area contributed by atoms with E-state index < -0.39 is 11.6 Å². The minimum atomic E-state index is -0.712. The molecule has 1 aliphatic carbocycles. The molecule has 2 rings (SSSR count). The molecule has 3 heteroatoms. The van der Waals surface area contributed by atoms with Gasteiger partial charge in [-0.3, -0.25) is 0 Å². The third-order valence-corrected chi connectivity index (χ3v) is 4.94. The van der Waals surface area contributed by atoms with E-state index in [2.05, 4.69) is 19.2 Å². The molecule has 1 N–H and O–H groups in total. The van der Waals surface area contributed by atoms with Crippen LogP contribution in [0.4, 0.5) is 8.78 Å². The molecule has 0 saturated heterocycles. The molecule has 1 fully saturated rings. The Morgan fingerprint density at radius 3 is 2.50 bits per heavy atom. The van der Waals surface area contributed by atoms with E-state index in [1.54, 1.807) is 19.1 Å². The predicted octanol–water partition coefficient (Wildman–Crippen LogP) is 4.75. The van der Waals surface area contributed by atoms with Gasteiger partial charge in [0.2, 0.25) is 0 Å². The molecular weight excluding hydrogens is 256 g/mol. The standard InChI is InChI=1S/C17H25F2N/c1-11-8-9-12(15(19)14(11)18)16(20-4)13-7-5-6-10-17(13,2)3/h8-9,13,16,20H,5-7,10H2,1-4H3. The highest BCUT2D eigenvalue weighted by Crippen LogP contribution is 2.47. The van der Waals surface area contributed by atoms with Crippen LogP contribution in [0.1, 0.15) is 56.7 Å². The molecule has 2 unspecified atom stereocenters. The Labute approximate surface area is 120 Å². The van der Waals surface area contributed by atoms with Crippen LogP contribution >= 0.6 is 0 Å². The maximum Gasteiger partial charge on any atom is 0.163 e. The molecule has 0 amide bonds. The van der Waals surface area contributed by atoms with Crippen molar-refractivity contribution >= 4 is 0 Å². The molecule has 1 aromatic rings. The van der Waals surface area contributed by atoms with Crippen molar-refractivity contribution in [2.75, 3.05) is 7.05 Å². The summed E-state index contributed by atoms with van der Waals surface area (Å²) in [5.74, 6) is -1.07. The lowest BCUT2D eigenvalue weighted by molar-refractivity contribution is 0.0995. The minimum Gasteiger partial charge on any atom is -0.313 e. The van der Waals surface area contributed by atoms with Gasteiger partial charge in [0.25, 0.3) is 0 Å². The van der Waals surface area contributed by atoms with Gasteiger partial charge in [-0.05, 0) is 43.7 Å². The molecule has 0 spiro atoms. The molecule has 112 valence electrons. The van der Waals surface area contributed by atoms with Gasteiger partial charge < -0.3 is 5.32 Å². The molecular formula is C17H25F2N. The van der Waals surface area contributed by atoms with E-state index in [0.717, 1.165) is 12.8 Å². The third kappa shape index (κ3) is 2.73. The van der Waals surface area contributed by atoms with Gasteiger partial charge in [0.15, 0.2) is 11.6 Å². The lowest BCUT2D eigenvalue weighted by Gasteiger charge is -2.43. The Bertz CT molecular complexity index is 482. The Morgan fingerprint density at radius 2 is 1.90 bits per heavy atom. The summed E-state index contributed by atoms with van der Waals surface area (Å²) in [6.45, 7) is 6.08. The summed E-state index contributed by atoms with van der Waals surface area (Å²) in [6, 6.07) is 3.29. The van der Waals surface area contributed by atoms with Crippen LogP contribution in [0.5, 0.6) is 0 Å². The molecule has 0 heterocycles. The zero-order valence-corrected chi connectivity index (χ0v) is 12.9. The van der Waals surface area contributed by atoms with Crippen LogP contribution in [-0.4, -0.2) is 7.05 Å². The van der Waals surface area contributed by atoms with E-state index >= 15 is 0 Å². The molecule has 0 aromatic heterocycles. The van der Waals surface area contributed by atoms with Crippen LogP contribution in [0.15, 0.2) is 12.1 Å². The van der Waals surface area contributed by atoms with Crippen molar-refractivity contribution in [2.24, 2.45) is 11.3 Å². The van der Waals surface area contributed by atoms with Crippen molar-refractivity contribution in [3.8, 4) is 0 Å². The van der Waals surface area contributed by atoms with Crippen molar-refractivity contribution in [3.05, 3.63) is 34.9 Å². The molecule has 1 nitrogen and oxygen atoms in total. The van der Waals surface area contributed by atoms with E-state index in [4.69, 9.17) is 0 Å². The normalized spacial score (nSPS) is 23.6. The van der Waals surface area contributed by atoms with Gasteiger partial charge in [-0.25, -0.2) is 8.78 Å². The van der Waals surface area contributed by atoms with Crippen molar-refractivity contribution in [3.63, 3.8) is 0 Å². The maximum absolute atomic E-state index is 14.3. The Morgan fingerprint density at radius 1 is 1.20 bits per heavy atom. The van der Waals surface area contributed by atoms with Crippen LogP contribution in [0.25, 0.3) is 0 Å². The first kappa shape index (κ1) is 15.4. The molecule has 20 heavy (non-hydrogen) atoms. The SMILES string of the molecule is CNC(c1ccc(C)c(F)c1F)C1CCCCC1(C)C. The summed E-state index contributed by atoms with van der Waals surface area (Å²) in [7, 11) is 1.84. The highest BCUT2D eigenvalue weighted by atomic mass is 19.2. The largest absolute Gasteiger partial charge is 0.313 e. The summed E-state index contributed by atoms with van der Waals surface area (Å²) >= 11 is 0. The Kier molecular flexibility index (Phi) is 4.48. The summed E-state index contributed by atoms with van der Waals surface area (Å²) in [6.07, 6.45) is 4.60. The van der Waals surface area contributed by atoms with Crippen molar-refractivity contribution in [2.45, 2.75) is 52.5 Å². The summed E-state index contributed by atoms with van der Waals surface area (Å²) in [5.41, 5.74) is 0.985. The smallest absolute Gasteiger partial charge is 0.163 e. The second-order valence-electron chi connectivity index (χ2n) is 6.71. The second-order valence-corrected chi connectivity index (χ2v) is 6.71. The first-order valence-electron chi connectivity index (χ1n) is 7.50. The molecule has 0 bridgehead atoms. The fraction of sp³-hybridized carbons (Fsp3) is 0.647. The number of hydrogen-bond acceptors (Lipinski definition) is 1. The second kappa shape index (κ2) is 5.80. The fourth-order valence-electron chi connectivity index (χ4n) is 3.61. The summed E-state index contributed by atoms with van der Waals surface area (Å²) in [5, 5.41) is 3.22. The molecule has 0 aliphatic heterocycles. The zero-order chi connectivity index (χ0) is 14.9. The molecule has 1 saturated carbocycles. The number of hydrogen-bond donors (Lipinski definition) is 1. The van der Waals surface area contributed by atoms with Gasteiger partial charge >= 0.3 is 0 Å². The molecule has 2 atom stereocenters. The van der Waals surface area contributed by atoms with E-state index in [9.17, 15) is 8.78 Å². The van der Waals surface area contributed by atoms with Crippen molar-refractivity contribution < 1.29 is 8.78 Å². The zero-order valence-electron chi connectivity index (χ0n) is 12.9. The van der Waals surface area contributed by atoms with Crippen molar-refractivity contribution in [1.29, 1.82) is 0 Å². The summed E-state index contributed by atoms with van der Waals surface area (Å²) < 4.78 is 28.1. The fourth-order valence-corrected chi connectivity index (χ4v) is 3.61. The average molecular weight is 281 g/mol.